The van der Waals surface area contributed by atoms with E-state index in [4.69, 9.17) is 46.4 Å². The fourth-order valence-corrected chi connectivity index (χ4v) is 5.88. The van der Waals surface area contributed by atoms with Crippen molar-refractivity contribution in [3.05, 3.63) is 91.4 Å². The first-order valence-corrected chi connectivity index (χ1v) is 10.8. The van der Waals surface area contributed by atoms with E-state index in [1.54, 1.807) is 0 Å². The van der Waals surface area contributed by atoms with Gasteiger partial charge in [0.2, 0.25) is 0 Å². The Kier molecular flexibility index (Phi) is 5.98. The van der Waals surface area contributed by atoms with Crippen molar-refractivity contribution in [1.82, 2.24) is 0 Å². The van der Waals surface area contributed by atoms with Crippen molar-refractivity contribution in [1.29, 1.82) is 0 Å². The number of phenols is 2. The first kappa shape index (κ1) is 22.0. The molecule has 0 heterocycles. The Morgan fingerprint density at radius 1 is 0.759 bits per heavy atom. The molecule has 3 aromatic rings. The van der Waals surface area contributed by atoms with Crippen LogP contribution in [-0.2, 0) is 14.9 Å². The molecule has 0 saturated heterocycles. The summed E-state index contributed by atoms with van der Waals surface area (Å²) in [6.45, 7) is 0. The van der Waals surface area contributed by atoms with Gasteiger partial charge in [0, 0.05) is 27.2 Å². The lowest BCUT2D eigenvalue weighted by Crippen LogP contribution is -2.39. The molecule has 29 heavy (non-hydrogen) atoms. The van der Waals surface area contributed by atoms with E-state index in [1.807, 2.05) is 0 Å². The van der Waals surface area contributed by atoms with Crippen LogP contribution >= 0.6 is 46.4 Å². The van der Waals surface area contributed by atoms with Crippen LogP contribution in [0.3, 0.4) is 0 Å². The van der Waals surface area contributed by atoms with Crippen LogP contribution in [0.25, 0.3) is 0 Å². The second-order valence-electron chi connectivity index (χ2n) is 6.09. The Bertz CT molecular complexity index is 1180. The zero-order valence-electron chi connectivity index (χ0n) is 14.3. The number of phenolic OH excluding ortho intramolecular Hbond substituents is 2. The Morgan fingerprint density at radius 2 is 1.31 bits per heavy atom. The highest BCUT2D eigenvalue weighted by Gasteiger charge is 2.52. The summed E-state index contributed by atoms with van der Waals surface area (Å²) >= 11 is 25.1. The monoisotopic (exact) mass is 492 g/mol. The predicted octanol–water partition coefficient (Wildman–Crippen LogP) is 5.89. The summed E-state index contributed by atoms with van der Waals surface area (Å²) in [4.78, 5) is 0. The Labute approximate surface area is 186 Å². The molecule has 1 unspecified atom stereocenters. The van der Waals surface area contributed by atoms with Crippen molar-refractivity contribution >= 4 is 56.5 Å². The zero-order valence-corrected chi connectivity index (χ0v) is 18.1. The fourth-order valence-electron chi connectivity index (χ4n) is 3.21. The quantitative estimate of drug-likeness (QED) is 0.311. The molecule has 3 N–H and O–H groups in total. The molecule has 3 rings (SSSR count). The summed E-state index contributed by atoms with van der Waals surface area (Å²) in [5.74, 6) is -0.548. The normalized spacial score (nSPS) is 13.8. The van der Waals surface area contributed by atoms with Crippen LogP contribution in [0.2, 0.25) is 20.1 Å². The van der Waals surface area contributed by atoms with Gasteiger partial charge >= 0.3 is 0 Å². The Morgan fingerprint density at radius 3 is 1.83 bits per heavy atom. The molecular weight excluding hydrogens is 482 g/mol. The third kappa shape index (κ3) is 3.65. The summed E-state index contributed by atoms with van der Waals surface area (Å²) in [5.41, 5.74) is -0.510. The van der Waals surface area contributed by atoms with Gasteiger partial charge in [-0.3, -0.25) is 4.55 Å². The van der Waals surface area contributed by atoms with Crippen molar-refractivity contribution in [3.8, 4) is 11.5 Å². The van der Waals surface area contributed by atoms with Crippen molar-refractivity contribution in [3.63, 3.8) is 0 Å². The van der Waals surface area contributed by atoms with Crippen molar-refractivity contribution in [2.45, 2.75) is 4.75 Å². The van der Waals surface area contributed by atoms with Gasteiger partial charge in [-0.2, -0.15) is 8.42 Å². The summed E-state index contributed by atoms with van der Waals surface area (Å²) < 4.78 is 34.1. The van der Waals surface area contributed by atoms with Crippen LogP contribution in [0.15, 0.2) is 54.6 Å². The van der Waals surface area contributed by atoms with E-state index in [0.717, 1.165) is 12.1 Å². The van der Waals surface area contributed by atoms with Crippen LogP contribution in [0, 0.1) is 0 Å². The van der Waals surface area contributed by atoms with Crippen LogP contribution in [-0.4, -0.2) is 23.2 Å². The van der Waals surface area contributed by atoms with E-state index in [2.05, 4.69) is 0 Å². The summed E-state index contributed by atoms with van der Waals surface area (Å²) in [6, 6.07) is 11.4. The maximum atomic E-state index is 13.0. The van der Waals surface area contributed by atoms with Crippen molar-refractivity contribution < 1.29 is 23.2 Å². The second-order valence-corrected chi connectivity index (χ2v) is 9.25. The second kappa shape index (κ2) is 7.87. The van der Waals surface area contributed by atoms with E-state index in [1.165, 1.54) is 42.5 Å². The lowest BCUT2D eigenvalue weighted by atomic mass is 9.83. The van der Waals surface area contributed by atoms with Gasteiger partial charge in [0.05, 0.1) is 10.0 Å². The minimum Gasteiger partial charge on any atom is -0.508 e. The molecule has 0 aromatic heterocycles. The first-order chi connectivity index (χ1) is 13.5. The van der Waals surface area contributed by atoms with Gasteiger partial charge in [0.15, 0.2) is 4.75 Å². The van der Waals surface area contributed by atoms with Crippen LogP contribution in [0.4, 0.5) is 0 Å². The molecule has 0 radical (unpaired) electrons. The minimum absolute atomic E-state index is 0.0450. The van der Waals surface area contributed by atoms with E-state index in [0.29, 0.717) is 0 Å². The average molecular weight is 494 g/mol. The number of aromatic hydroxyl groups is 2. The maximum absolute atomic E-state index is 13.0. The van der Waals surface area contributed by atoms with Gasteiger partial charge in [-0.05, 0) is 35.9 Å². The molecule has 3 aromatic carbocycles. The molecule has 0 amide bonds. The van der Waals surface area contributed by atoms with Crippen LogP contribution in [0.5, 0.6) is 11.5 Å². The third-order valence-electron chi connectivity index (χ3n) is 4.37. The van der Waals surface area contributed by atoms with Gasteiger partial charge < -0.3 is 10.2 Å². The standard InChI is InChI=1S/C19H12Cl4O5S/c20-14-2-1-3-15(21)17(14)19(29(26,27)28,10-4-6-11(24)7-5-10)13-8-12(25)9-16(22)18(13)23/h1-9,24-25H,(H,26,27,28). The van der Waals surface area contributed by atoms with E-state index < -0.39 is 20.6 Å². The predicted molar refractivity (Wildman–Crippen MR) is 114 cm³/mol. The molecule has 0 aliphatic heterocycles. The first-order valence-electron chi connectivity index (χ1n) is 7.89. The number of benzene rings is 3. The van der Waals surface area contributed by atoms with Gasteiger partial charge in [0.25, 0.3) is 10.1 Å². The summed E-state index contributed by atoms with van der Waals surface area (Å²) in [6.07, 6.45) is 0. The summed E-state index contributed by atoms with van der Waals surface area (Å²) in [5, 5.41) is 19.2. The number of rotatable bonds is 4. The van der Waals surface area contributed by atoms with Crippen molar-refractivity contribution in [2.75, 3.05) is 0 Å². The lowest BCUT2D eigenvalue weighted by Gasteiger charge is -2.34. The smallest absolute Gasteiger partial charge is 0.283 e. The average Bonchev–Trinajstić information content (AvgIpc) is 2.61. The molecule has 1 atom stereocenters. The lowest BCUT2D eigenvalue weighted by molar-refractivity contribution is 0.455. The van der Waals surface area contributed by atoms with Crippen LogP contribution in [0.1, 0.15) is 16.7 Å². The number of halogens is 4. The van der Waals surface area contributed by atoms with Gasteiger partial charge in [-0.25, -0.2) is 0 Å². The fraction of sp³-hybridized carbons (Fsp3) is 0.0526. The minimum atomic E-state index is -5.10. The number of hydrogen-bond acceptors (Lipinski definition) is 4. The van der Waals surface area contributed by atoms with E-state index >= 15 is 0 Å². The van der Waals surface area contributed by atoms with Gasteiger partial charge in [-0.15, -0.1) is 0 Å². The van der Waals surface area contributed by atoms with Crippen LogP contribution < -0.4 is 0 Å². The number of hydrogen-bond donors (Lipinski definition) is 3. The third-order valence-corrected chi connectivity index (χ3v) is 7.23. The Hall–Kier alpha value is -1.67. The van der Waals surface area contributed by atoms with Gasteiger partial charge in [-0.1, -0.05) is 64.6 Å². The molecule has 152 valence electrons. The molecule has 0 saturated carbocycles. The van der Waals surface area contributed by atoms with E-state index in [9.17, 15) is 23.2 Å². The molecule has 10 heteroatoms. The molecular formula is C19H12Cl4O5S. The zero-order chi connectivity index (χ0) is 21.6. The molecule has 0 aliphatic rings. The largest absolute Gasteiger partial charge is 0.508 e. The molecule has 0 spiro atoms. The Balaban J connectivity index is 2.65. The molecule has 0 fully saturated rings. The highest BCUT2D eigenvalue weighted by atomic mass is 35.5. The SMILES string of the molecule is O=S(=O)(O)C(c1ccc(O)cc1)(c1cc(O)cc(Cl)c1Cl)c1c(Cl)cccc1Cl. The summed E-state index contributed by atoms with van der Waals surface area (Å²) in [7, 11) is -5.10. The molecule has 0 aliphatic carbocycles. The van der Waals surface area contributed by atoms with Gasteiger partial charge in [0.1, 0.15) is 11.5 Å². The molecule has 0 bridgehead atoms. The topological polar surface area (TPSA) is 94.8 Å². The highest BCUT2D eigenvalue weighted by Crippen LogP contribution is 2.52. The van der Waals surface area contributed by atoms with E-state index in [-0.39, 0.29) is 42.5 Å². The maximum Gasteiger partial charge on any atom is 0.283 e. The molecule has 5 nitrogen and oxygen atoms in total. The highest BCUT2D eigenvalue weighted by molar-refractivity contribution is 7.87. The van der Waals surface area contributed by atoms with Crippen molar-refractivity contribution in [2.24, 2.45) is 0 Å².